The van der Waals surface area contributed by atoms with Crippen molar-refractivity contribution in [3.05, 3.63) is 0 Å². The highest BCUT2D eigenvalue weighted by atomic mass is 16.5. The number of ether oxygens (including phenoxy) is 1. The Labute approximate surface area is 73.3 Å². The van der Waals surface area contributed by atoms with Crippen LogP contribution in [0.2, 0.25) is 0 Å². The Bertz CT molecular complexity index is 188. The van der Waals surface area contributed by atoms with Gasteiger partial charge in [-0.25, -0.2) is 0 Å². The van der Waals surface area contributed by atoms with Crippen LogP contribution in [0.25, 0.3) is 0 Å². The molecule has 1 aliphatic heterocycles. The topological polar surface area (TPSA) is 26.3 Å². The van der Waals surface area contributed by atoms with E-state index in [1.807, 2.05) is 0 Å². The zero-order valence-corrected chi connectivity index (χ0v) is 7.58. The first-order valence-corrected chi connectivity index (χ1v) is 4.94. The van der Waals surface area contributed by atoms with Crippen molar-refractivity contribution in [2.75, 3.05) is 6.61 Å². The molecule has 3 atom stereocenters. The third-order valence-electron chi connectivity index (χ3n) is 3.29. The number of esters is 1. The summed E-state index contributed by atoms with van der Waals surface area (Å²) in [5, 5.41) is 0. The van der Waals surface area contributed by atoms with E-state index in [0.717, 1.165) is 18.8 Å². The van der Waals surface area contributed by atoms with Crippen LogP contribution in [0.15, 0.2) is 0 Å². The maximum atomic E-state index is 11.4. The average molecular weight is 168 g/mol. The third-order valence-corrected chi connectivity index (χ3v) is 3.29. The number of cyclic esters (lactones) is 1. The van der Waals surface area contributed by atoms with E-state index < -0.39 is 0 Å². The molecule has 2 heteroatoms. The molecule has 1 heterocycles. The van der Waals surface area contributed by atoms with E-state index in [-0.39, 0.29) is 11.9 Å². The maximum Gasteiger partial charge on any atom is 0.309 e. The molecule has 0 aromatic heterocycles. The second-order valence-electron chi connectivity index (χ2n) is 4.24. The van der Waals surface area contributed by atoms with Crippen LogP contribution in [0.1, 0.15) is 32.6 Å². The minimum absolute atomic E-state index is 0.0674. The van der Waals surface area contributed by atoms with Gasteiger partial charge in [0.1, 0.15) is 0 Å². The minimum atomic E-state index is 0.0674. The van der Waals surface area contributed by atoms with Gasteiger partial charge in [0.25, 0.3) is 0 Å². The van der Waals surface area contributed by atoms with Gasteiger partial charge in [-0.1, -0.05) is 13.3 Å². The highest BCUT2D eigenvalue weighted by Crippen LogP contribution is 2.38. The molecule has 0 unspecified atom stereocenters. The van der Waals surface area contributed by atoms with Crippen LogP contribution in [0.4, 0.5) is 0 Å². The lowest BCUT2D eigenvalue weighted by Crippen LogP contribution is -2.36. The van der Waals surface area contributed by atoms with Crippen LogP contribution < -0.4 is 0 Å². The summed E-state index contributed by atoms with van der Waals surface area (Å²) in [7, 11) is 0. The number of hydrogen-bond donors (Lipinski definition) is 0. The van der Waals surface area contributed by atoms with Crippen molar-refractivity contribution >= 4 is 5.97 Å². The Morgan fingerprint density at radius 3 is 3.00 bits per heavy atom. The molecule has 68 valence electrons. The predicted molar refractivity (Wildman–Crippen MR) is 45.6 cm³/mol. The van der Waals surface area contributed by atoms with Crippen LogP contribution in [0.3, 0.4) is 0 Å². The van der Waals surface area contributed by atoms with Gasteiger partial charge in [0, 0.05) is 0 Å². The summed E-state index contributed by atoms with van der Waals surface area (Å²) in [5.74, 6) is 1.67. The summed E-state index contributed by atoms with van der Waals surface area (Å²) in [4.78, 5) is 11.4. The Kier molecular flexibility index (Phi) is 2.07. The molecule has 12 heavy (non-hydrogen) atoms. The first kappa shape index (κ1) is 8.09. The number of rotatable bonds is 0. The lowest BCUT2D eigenvalue weighted by molar-refractivity contribution is -0.159. The van der Waals surface area contributed by atoms with E-state index in [1.165, 1.54) is 12.8 Å². The standard InChI is InChI=1S/C10H16O2/c1-7-2-3-8-4-5-12-10(11)9(8)6-7/h7-9H,2-6H2,1H3/t7-,8-,9-/m1/s1. The monoisotopic (exact) mass is 168 g/mol. The fourth-order valence-electron chi connectivity index (χ4n) is 2.50. The van der Waals surface area contributed by atoms with E-state index >= 15 is 0 Å². The maximum absolute atomic E-state index is 11.4. The van der Waals surface area contributed by atoms with E-state index in [4.69, 9.17) is 4.74 Å². The first-order valence-electron chi connectivity index (χ1n) is 4.94. The Morgan fingerprint density at radius 1 is 1.33 bits per heavy atom. The van der Waals surface area contributed by atoms with Crippen molar-refractivity contribution in [2.24, 2.45) is 17.8 Å². The number of carbonyl (C=O) groups excluding carboxylic acids is 1. The van der Waals surface area contributed by atoms with Gasteiger partial charge >= 0.3 is 5.97 Å². The lowest BCUT2D eigenvalue weighted by atomic mass is 9.72. The second-order valence-corrected chi connectivity index (χ2v) is 4.24. The predicted octanol–water partition coefficient (Wildman–Crippen LogP) is 1.99. The molecule has 0 radical (unpaired) electrons. The largest absolute Gasteiger partial charge is 0.465 e. The van der Waals surface area contributed by atoms with Crippen LogP contribution in [0.5, 0.6) is 0 Å². The highest BCUT2D eigenvalue weighted by molar-refractivity contribution is 5.73. The number of fused-ring (bicyclic) bond motifs is 1. The normalized spacial score (nSPS) is 41.8. The molecule has 0 amide bonds. The van der Waals surface area contributed by atoms with Crippen molar-refractivity contribution in [1.29, 1.82) is 0 Å². The molecule has 2 rings (SSSR count). The van der Waals surface area contributed by atoms with Gasteiger partial charge < -0.3 is 4.74 Å². The van der Waals surface area contributed by atoms with Crippen LogP contribution in [-0.4, -0.2) is 12.6 Å². The van der Waals surface area contributed by atoms with Gasteiger partial charge in [-0.2, -0.15) is 0 Å². The molecule has 2 aliphatic rings. The van der Waals surface area contributed by atoms with Crippen LogP contribution >= 0.6 is 0 Å². The number of carbonyl (C=O) groups is 1. The van der Waals surface area contributed by atoms with Gasteiger partial charge in [-0.3, -0.25) is 4.79 Å². The van der Waals surface area contributed by atoms with Gasteiger partial charge in [-0.15, -0.1) is 0 Å². The molecular formula is C10H16O2. The smallest absolute Gasteiger partial charge is 0.309 e. The van der Waals surface area contributed by atoms with E-state index in [9.17, 15) is 4.79 Å². The van der Waals surface area contributed by atoms with Crippen LogP contribution in [-0.2, 0) is 9.53 Å². The summed E-state index contributed by atoms with van der Waals surface area (Å²) in [6.07, 6.45) is 4.70. The second kappa shape index (κ2) is 3.08. The summed E-state index contributed by atoms with van der Waals surface area (Å²) in [6, 6.07) is 0. The molecule has 2 fully saturated rings. The number of hydrogen-bond acceptors (Lipinski definition) is 2. The highest BCUT2D eigenvalue weighted by Gasteiger charge is 2.37. The van der Waals surface area contributed by atoms with Gasteiger partial charge in [0.2, 0.25) is 0 Å². The van der Waals surface area contributed by atoms with E-state index in [0.29, 0.717) is 12.5 Å². The van der Waals surface area contributed by atoms with Crippen LogP contribution in [0, 0.1) is 17.8 Å². The molecule has 0 aromatic rings. The van der Waals surface area contributed by atoms with E-state index in [2.05, 4.69) is 6.92 Å². The van der Waals surface area contributed by atoms with Crippen molar-refractivity contribution in [3.63, 3.8) is 0 Å². The Morgan fingerprint density at radius 2 is 2.17 bits per heavy atom. The zero-order valence-electron chi connectivity index (χ0n) is 7.58. The molecular weight excluding hydrogens is 152 g/mol. The molecule has 0 spiro atoms. The summed E-state index contributed by atoms with van der Waals surface area (Å²) < 4.78 is 5.06. The zero-order chi connectivity index (χ0) is 8.55. The minimum Gasteiger partial charge on any atom is -0.465 e. The van der Waals surface area contributed by atoms with Crippen molar-refractivity contribution in [2.45, 2.75) is 32.6 Å². The molecule has 1 aliphatic carbocycles. The Hall–Kier alpha value is -0.530. The SMILES string of the molecule is C[C@@H]1CC[C@@H]2CCOC(=O)[C@@H]2C1. The molecule has 0 bridgehead atoms. The van der Waals surface area contributed by atoms with Crippen molar-refractivity contribution in [1.82, 2.24) is 0 Å². The summed E-state index contributed by atoms with van der Waals surface area (Å²) in [5.41, 5.74) is 0. The fraction of sp³-hybridized carbons (Fsp3) is 0.900. The van der Waals surface area contributed by atoms with Gasteiger partial charge in [0.05, 0.1) is 12.5 Å². The van der Waals surface area contributed by atoms with Crippen molar-refractivity contribution < 1.29 is 9.53 Å². The summed E-state index contributed by atoms with van der Waals surface area (Å²) >= 11 is 0. The van der Waals surface area contributed by atoms with Crippen molar-refractivity contribution in [3.8, 4) is 0 Å². The summed E-state index contributed by atoms with van der Waals surface area (Å²) in [6.45, 7) is 2.90. The van der Waals surface area contributed by atoms with Gasteiger partial charge in [0.15, 0.2) is 0 Å². The van der Waals surface area contributed by atoms with E-state index in [1.54, 1.807) is 0 Å². The quantitative estimate of drug-likeness (QED) is 0.517. The first-order chi connectivity index (χ1) is 5.77. The molecule has 0 aromatic carbocycles. The van der Waals surface area contributed by atoms with Gasteiger partial charge in [-0.05, 0) is 31.1 Å². The third kappa shape index (κ3) is 1.35. The Balaban J connectivity index is 2.05. The molecule has 0 N–H and O–H groups in total. The molecule has 2 nitrogen and oxygen atoms in total. The molecule has 1 saturated heterocycles. The average Bonchev–Trinajstić information content (AvgIpc) is 2.07. The lowest BCUT2D eigenvalue weighted by Gasteiger charge is -2.36. The fourth-order valence-corrected chi connectivity index (χ4v) is 2.50. The molecule has 1 saturated carbocycles.